The lowest BCUT2D eigenvalue weighted by molar-refractivity contribution is -0.156. The Morgan fingerprint density at radius 2 is 1.43 bits per heavy atom. The number of rotatable bonds is 3. The van der Waals surface area contributed by atoms with E-state index in [1.54, 1.807) is 0 Å². The van der Waals surface area contributed by atoms with Crippen molar-refractivity contribution < 1.29 is 24.6 Å². The summed E-state index contributed by atoms with van der Waals surface area (Å²) in [7, 11) is 0. The summed E-state index contributed by atoms with van der Waals surface area (Å²) in [6.45, 7) is 0. The number of carboxylic acids is 2. The van der Waals surface area contributed by atoms with E-state index in [4.69, 9.17) is 10.2 Å². The van der Waals surface area contributed by atoms with Gasteiger partial charge in [-0.2, -0.15) is 0 Å². The largest absolute Gasteiger partial charge is 0.481 e. The number of carboxylic acid groups (broad SMARTS) is 2. The highest BCUT2D eigenvalue weighted by Gasteiger charge is 2.38. The highest BCUT2D eigenvalue weighted by molar-refractivity contribution is 6.33. The van der Waals surface area contributed by atoms with E-state index in [-0.39, 0.29) is 0 Å². The van der Waals surface area contributed by atoms with Crippen LogP contribution in [0.2, 0.25) is 0 Å². The maximum atomic E-state index is 11.1. The van der Waals surface area contributed by atoms with Crippen LogP contribution < -0.4 is 0 Å². The number of hydrogen-bond donors (Lipinski definition) is 2. The second-order valence-electron chi connectivity index (χ2n) is 3.51. The van der Waals surface area contributed by atoms with Gasteiger partial charge in [0.1, 0.15) is 0 Å². The molecule has 5 nitrogen and oxygen atoms in total. The summed E-state index contributed by atoms with van der Waals surface area (Å²) in [5.41, 5.74) is 0. The van der Waals surface area contributed by atoms with Crippen LogP contribution in [0, 0.1) is 11.8 Å². The topological polar surface area (TPSA) is 91.7 Å². The molecule has 5 heteroatoms. The molecule has 2 unspecified atom stereocenters. The van der Waals surface area contributed by atoms with E-state index in [9.17, 15) is 14.4 Å². The first-order valence-electron chi connectivity index (χ1n) is 4.54. The van der Waals surface area contributed by atoms with Gasteiger partial charge in [0.2, 0.25) is 5.78 Å². The summed E-state index contributed by atoms with van der Waals surface area (Å²) in [6.07, 6.45) is 2.26. The summed E-state index contributed by atoms with van der Waals surface area (Å²) in [6, 6.07) is 0. The Balaban J connectivity index is 2.77. The summed E-state index contributed by atoms with van der Waals surface area (Å²) < 4.78 is 0. The van der Waals surface area contributed by atoms with Gasteiger partial charge in [0.15, 0.2) is 0 Å². The molecule has 0 saturated heterocycles. The number of Topliss-reactive ketones (excluding diaryl/α,β-unsaturated/α-hetero) is 1. The van der Waals surface area contributed by atoms with E-state index in [0.717, 1.165) is 12.8 Å². The SMILES string of the molecule is O=C(O)C(=O)C1CCCCC1C(=O)O. The molecule has 0 aliphatic heterocycles. The van der Waals surface area contributed by atoms with Crippen LogP contribution in [0.15, 0.2) is 0 Å². The zero-order valence-electron chi connectivity index (χ0n) is 7.60. The molecule has 0 heterocycles. The number of carbonyl (C=O) groups is 3. The first kappa shape index (κ1) is 10.7. The third kappa shape index (κ3) is 2.10. The van der Waals surface area contributed by atoms with Gasteiger partial charge in [0.25, 0.3) is 0 Å². The second kappa shape index (κ2) is 4.21. The summed E-state index contributed by atoms with van der Waals surface area (Å²) in [4.78, 5) is 32.3. The van der Waals surface area contributed by atoms with Gasteiger partial charge in [-0.1, -0.05) is 12.8 Å². The van der Waals surface area contributed by atoms with Crippen molar-refractivity contribution >= 4 is 17.7 Å². The molecule has 1 aliphatic carbocycles. The fraction of sp³-hybridized carbons (Fsp3) is 0.667. The van der Waals surface area contributed by atoms with Crippen LogP contribution >= 0.6 is 0 Å². The van der Waals surface area contributed by atoms with Crippen LogP contribution in [0.4, 0.5) is 0 Å². The van der Waals surface area contributed by atoms with Crippen molar-refractivity contribution in [1.82, 2.24) is 0 Å². The highest BCUT2D eigenvalue weighted by Crippen LogP contribution is 2.30. The third-order valence-electron chi connectivity index (χ3n) is 2.63. The quantitative estimate of drug-likeness (QED) is 0.648. The van der Waals surface area contributed by atoms with Crippen molar-refractivity contribution in [2.45, 2.75) is 25.7 Å². The standard InChI is InChI=1S/C9H12O5/c10-7(9(13)14)5-3-1-2-4-6(5)8(11)12/h5-6H,1-4H2,(H,11,12)(H,13,14). The van der Waals surface area contributed by atoms with E-state index in [2.05, 4.69) is 0 Å². The summed E-state index contributed by atoms with van der Waals surface area (Å²) in [5, 5.41) is 17.3. The van der Waals surface area contributed by atoms with E-state index >= 15 is 0 Å². The smallest absolute Gasteiger partial charge is 0.372 e. The lowest BCUT2D eigenvalue weighted by atomic mass is 9.77. The molecular weight excluding hydrogens is 188 g/mol. The van der Waals surface area contributed by atoms with Crippen molar-refractivity contribution in [3.8, 4) is 0 Å². The van der Waals surface area contributed by atoms with Gasteiger partial charge in [0, 0.05) is 5.92 Å². The fourth-order valence-corrected chi connectivity index (χ4v) is 1.90. The predicted molar refractivity (Wildman–Crippen MR) is 45.7 cm³/mol. The van der Waals surface area contributed by atoms with E-state index in [0.29, 0.717) is 12.8 Å². The minimum Gasteiger partial charge on any atom is -0.481 e. The van der Waals surface area contributed by atoms with Crippen LogP contribution in [0.5, 0.6) is 0 Å². The zero-order valence-corrected chi connectivity index (χ0v) is 7.60. The second-order valence-corrected chi connectivity index (χ2v) is 3.51. The molecule has 2 N–H and O–H groups in total. The Hall–Kier alpha value is -1.39. The van der Waals surface area contributed by atoms with Crippen LogP contribution in [0.3, 0.4) is 0 Å². The van der Waals surface area contributed by atoms with Gasteiger partial charge in [-0.25, -0.2) is 4.79 Å². The predicted octanol–water partition coefficient (Wildman–Crippen LogP) is 0.531. The van der Waals surface area contributed by atoms with Gasteiger partial charge in [0.05, 0.1) is 5.92 Å². The molecule has 1 rings (SSSR count). The van der Waals surface area contributed by atoms with Crippen molar-refractivity contribution in [3.63, 3.8) is 0 Å². The molecule has 0 bridgehead atoms. The van der Waals surface area contributed by atoms with Crippen LogP contribution in [0.25, 0.3) is 0 Å². The first-order valence-corrected chi connectivity index (χ1v) is 4.54. The Bertz CT molecular complexity index is 270. The maximum absolute atomic E-state index is 11.1. The average molecular weight is 200 g/mol. The van der Waals surface area contributed by atoms with Crippen molar-refractivity contribution in [3.05, 3.63) is 0 Å². The van der Waals surface area contributed by atoms with E-state index in [1.807, 2.05) is 0 Å². The molecule has 78 valence electrons. The molecule has 0 radical (unpaired) electrons. The van der Waals surface area contributed by atoms with Gasteiger partial charge < -0.3 is 10.2 Å². The Labute approximate surface area is 80.7 Å². The average Bonchev–Trinajstić information content (AvgIpc) is 2.16. The monoisotopic (exact) mass is 200 g/mol. The molecular formula is C9H12O5. The summed E-state index contributed by atoms with van der Waals surface area (Å²) >= 11 is 0. The lowest BCUT2D eigenvalue weighted by Crippen LogP contribution is -2.36. The minimum atomic E-state index is -1.52. The lowest BCUT2D eigenvalue weighted by Gasteiger charge is -2.25. The molecule has 1 fully saturated rings. The van der Waals surface area contributed by atoms with Crippen LogP contribution in [0.1, 0.15) is 25.7 Å². The van der Waals surface area contributed by atoms with Crippen molar-refractivity contribution in [2.24, 2.45) is 11.8 Å². The van der Waals surface area contributed by atoms with E-state index < -0.39 is 29.6 Å². The molecule has 0 spiro atoms. The van der Waals surface area contributed by atoms with E-state index in [1.165, 1.54) is 0 Å². The van der Waals surface area contributed by atoms with Gasteiger partial charge in [-0.3, -0.25) is 9.59 Å². The summed E-state index contributed by atoms with van der Waals surface area (Å²) in [5.74, 6) is -5.20. The Kier molecular flexibility index (Phi) is 3.22. The molecule has 0 amide bonds. The number of ketones is 1. The van der Waals surface area contributed by atoms with Crippen molar-refractivity contribution in [2.75, 3.05) is 0 Å². The molecule has 2 atom stereocenters. The van der Waals surface area contributed by atoms with Crippen molar-refractivity contribution in [1.29, 1.82) is 0 Å². The molecule has 0 aromatic heterocycles. The minimum absolute atomic E-state index is 0.377. The Morgan fingerprint density at radius 3 is 1.86 bits per heavy atom. The van der Waals surface area contributed by atoms with Gasteiger partial charge in [-0.15, -0.1) is 0 Å². The molecule has 14 heavy (non-hydrogen) atoms. The van der Waals surface area contributed by atoms with Crippen LogP contribution in [-0.4, -0.2) is 27.9 Å². The third-order valence-corrected chi connectivity index (χ3v) is 2.63. The van der Waals surface area contributed by atoms with Gasteiger partial charge >= 0.3 is 11.9 Å². The molecule has 0 aromatic rings. The molecule has 0 aromatic carbocycles. The normalized spacial score (nSPS) is 26.9. The van der Waals surface area contributed by atoms with Crippen LogP contribution in [-0.2, 0) is 14.4 Å². The number of carbonyl (C=O) groups excluding carboxylic acids is 1. The number of hydrogen-bond acceptors (Lipinski definition) is 3. The molecule has 1 aliphatic rings. The highest BCUT2D eigenvalue weighted by atomic mass is 16.4. The first-order chi connectivity index (χ1) is 6.54. The maximum Gasteiger partial charge on any atom is 0.372 e. The number of aliphatic carboxylic acids is 2. The van der Waals surface area contributed by atoms with Gasteiger partial charge in [-0.05, 0) is 12.8 Å². The fourth-order valence-electron chi connectivity index (χ4n) is 1.90. The molecule has 1 saturated carbocycles. The Morgan fingerprint density at radius 1 is 0.929 bits per heavy atom. The zero-order chi connectivity index (χ0) is 10.7.